The number of sulfonamides is 1. The van der Waals surface area contributed by atoms with Crippen molar-refractivity contribution < 1.29 is 12.8 Å². The minimum atomic E-state index is -3.47. The van der Waals surface area contributed by atoms with E-state index in [-0.39, 0.29) is 10.9 Å². The van der Waals surface area contributed by atoms with Crippen molar-refractivity contribution in [3.63, 3.8) is 0 Å². The molecule has 5 nitrogen and oxygen atoms in total. The van der Waals surface area contributed by atoms with Gasteiger partial charge >= 0.3 is 0 Å². The van der Waals surface area contributed by atoms with E-state index in [1.54, 1.807) is 13.0 Å². The molecule has 0 aromatic carbocycles. The lowest BCUT2D eigenvalue weighted by molar-refractivity contribution is 0.455. The highest BCUT2D eigenvalue weighted by Crippen LogP contribution is 2.24. The van der Waals surface area contributed by atoms with E-state index >= 15 is 0 Å². The van der Waals surface area contributed by atoms with Crippen molar-refractivity contribution in [2.45, 2.75) is 56.1 Å². The van der Waals surface area contributed by atoms with E-state index in [0.29, 0.717) is 24.1 Å². The van der Waals surface area contributed by atoms with Crippen LogP contribution in [0.4, 0.5) is 0 Å². The van der Waals surface area contributed by atoms with Crippen LogP contribution in [0.2, 0.25) is 0 Å². The average Bonchev–Trinajstić information content (AvgIpc) is 3.19. The molecule has 0 unspecified atom stereocenters. The molecular formula is C14H22N2O3S2. The predicted molar refractivity (Wildman–Crippen MR) is 84.0 cm³/mol. The maximum absolute atomic E-state index is 12.5. The number of aryl methyl sites for hydroxylation is 1. The van der Waals surface area contributed by atoms with E-state index in [9.17, 15) is 8.42 Å². The van der Waals surface area contributed by atoms with Gasteiger partial charge in [-0.05, 0) is 44.1 Å². The van der Waals surface area contributed by atoms with E-state index in [1.807, 2.05) is 11.8 Å². The summed E-state index contributed by atoms with van der Waals surface area (Å²) >= 11 is 1.88. The molecule has 1 saturated heterocycles. The smallest absolute Gasteiger partial charge is 0.244 e. The Morgan fingerprint density at radius 2 is 1.95 bits per heavy atom. The average molecular weight is 330 g/mol. The number of hydrogen-bond acceptors (Lipinski definition) is 5. The monoisotopic (exact) mass is 330 g/mol. The van der Waals surface area contributed by atoms with Crippen LogP contribution in [0.3, 0.4) is 0 Å². The van der Waals surface area contributed by atoms with Gasteiger partial charge in [0.05, 0.1) is 6.54 Å². The fourth-order valence-corrected chi connectivity index (χ4v) is 5.12. The largest absolute Gasteiger partial charge is 0.464 e. The summed E-state index contributed by atoms with van der Waals surface area (Å²) in [6, 6.07) is 2.29. The van der Waals surface area contributed by atoms with Crippen LogP contribution in [0, 0.1) is 6.92 Å². The fraction of sp³-hybridized carbons (Fsp3) is 0.714. The van der Waals surface area contributed by atoms with E-state index in [2.05, 4.69) is 10.0 Å². The van der Waals surface area contributed by atoms with E-state index in [0.717, 1.165) is 24.3 Å². The van der Waals surface area contributed by atoms with Gasteiger partial charge in [0.25, 0.3) is 0 Å². The van der Waals surface area contributed by atoms with Gasteiger partial charge < -0.3 is 9.73 Å². The Balaban J connectivity index is 1.68. The van der Waals surface area contributed by atoms with Crippen LogP contribution in [0.5, 0.6) is 0 Å². The summed E-state index contributed by atoms with van der Waals surface area (Å²) in [7, 11) is -3.47. The van der Waals surface area contributed by atoms with Gasteiger partial charge in [0.1, 0.15) is 16.4 Å². The third kappa shape index (κ3) is 4.03. The summed E-state index contributed by atoms with van der Waals surface area (Å²) in [5.74, 6) is 3.21. The zero-order valence-corrected chi connectivity index (χ0v) is 13.9. The van der Waals surface area contributed by atoms with Crippen LogP contribution >= 0.6 is 11.8 Å². The fourth-order valence-electron chi connectivity index (χ4n) is 2.51. The molecule has 2 fully saturated rings. The highest BCUT2D eigenvalue weighted by atomic mass is 32.2. The highest BCUT2D eigenvalue weighted by Gasteiger charge is 2.26. The summed E-state index contributed by atoms with van der Waals surface area (Å²) in [4.78, 5) is 0.285. The summed E-state index contributed by atoms with van der Waals surface area (Å²) in [5.41, 5.74) is 0. The highest BCUT2D eigenvalue weighted by molar-refractivity contribution is 7.99. The van der Waals surface area contributed by atoms with Crippen LogP contribution < -0.4 is 10.0 Å². The van der Waals surface area contributed by atoms with Gasteiger partial charge in [0.2, 0.25) is 10.0 Å². The maximum Gasteiger partial charge on any atom is 0.244 e. The molecule has 1 saturated carbocycles. The number of furan rings is 1. The Kier molecular flexibility index (Phi) is 4.63. The second-order valence-electron chi connectivity index (χ2n) is 5.80. The first-order valence-electron chi connectivity index (χ1n) is 7.47. The first kappa shape index (κ1) is 15.4. The van der Waals surface area contributed by atoms with Gasteiger partial charge in [-0.2, -0.15) is 11.8 Å². The Morgan fingerprint density at radius 1 is 1.24 bits per heavy atom. The van der Waals surface area contributed by atoms with Crippen LogP contribution in [0.25, 0.3) is 0 Å². The molecule has 2 aliphatic rings. The van der Waals surface area contributed by atoms with Gasteiger partial charge in [0, 0.05) is 18.2 Å². The summed E-state index contributed by atoms with van der Waals surface area (Å²) in [6.07, 6.45) is 4.20. The quantitative estimate of drug-likeness (QED) is 0.835. The van der Waals surface area contributed by atoms with Crippen molar-refractivity contribution in [3.05, 3.63) is 17.6 Å². The lowest BCUT2D eigenvalue weighted by Gasteiger charge is -2.22. The molecule has 7 heteroatoms. The maximum atomic E-state index is 12.5. The number of rotatable bonds is 6. The zero-order chi connectivity index (χ0) is 14.9. The second-order valence-corrected chi connectivity index (χ2v) is 8.70. The number of nitrogens with one attached hydrogen (secondary N) is 2. The zero-order valence-electron chi connectivity index (χ0n) is 12.2. The summed E-state index contributed by atoms with van der Waals surface area (Å²) in [6.45, 7) is 2.31. The predicted octanol–water partition coefficient (Wildman–Crippen LogP) is 2.01. The normalized spacial score (nSPS) is 20.8. The van der Waals surface area contributed by atoms with Crippen molar-refractivity contribution >= 4 is 21.8 Å². The third-order valence-corrected chi connectivity index (χ3v) is 6.57. The summed E-state index contributed by atoms with van der Waals surface area (Å²) < 4.78 is 33.4. The lowest BCUT2D eigenvalue weighted by Crippen LogP contribution is -2.37. The topological polar surface area (TPSA) is 71.3 Å². The molecule has 0 radical (unpaired) electrons. The Labute approximate surface area is 130 Å². The molecular weight excluding hydrogens is 308 g/mol. The minimum Gasteiger partial charge on any atom is -0.464 e. The number of hydrogen-bond donors (Lipinski definition) is 2. The Morgan fingerprint density at radius 3 is 2.62 bits per heavy atom. The minimum absolute atomic E-state index is 0.0542. The molecule has 1 aliphatic carbocycles. The molecule has 1 aromatic heterocycles. The van der Waals surface area contributed by atoms with Crippen molar-refractivity contribution in [2.75, 3.05) is 11.5 Å². The second kappa shape index (κ2) is 6.32. The SMILES string of the molecule is Cc1oc(CNC2CC2)cc1S(=O)(=O)NC1CCSCC1. The standard InChI is InChI=1S/C14H22N2O3S2/c1-10-14(8-13(19-10)9-15-11-2-3-11)21(17,18)16-12-4-6-20-7-5-12/h8,11-12,15-16H,2-7,9H2,1H3. The molecule has 2 N–H and O–H groups in total. The summed E-state index contributed by atoms with van der Waals surface area (Å²) in [5, 5.41) is 3.33. The molecule has 3 rings (SSSR count). The van der Waals surface area contributed by atoms with Crippen molar-refractivity contribution in [2.24, 2.45) is 0 Å². The van der Waals surface area contributed by atoms with Gasteiger partial charge in [0.15, 0.2) is 0 Å². The molecule has 0 spiro atoms. The molecule has 0 atom stereocenters. The van der Waals surface area contributed by atoms with Crippen molar-refractivity contribution in [3.8, 4) is 0 Å². The van der Waals surface area contributed by atoms with Gasteiger partial charge in [-0.15, -0.1) is 0 Å². The first-order valence-corrected chi connectivity index (χ1v) is 10.1. The molecule has 1 aromatic rings. The molecule has 1 aliphatic heterocycles. The Hall–Kier alpha value is -0.500. The molecule has 0 amide bonds. The van der Waals surface area contributed by atoms with Crippen molar-refractivity contribution in [1.29, 1.82) is 0 Å². The van der Waals surface area contributed by atoms with E-state index in [4.69, 9.17) is 4.42 Å². The van der Waals surface area contributed by atoms with Crippen LogP contribution in [-0.2, 0) is 16.6 Å². The van der Waals surface area contributed by atoms with E-state index in [1.165, 1.54) is 12.8 Å². The molecule has 118 valence electrons. The first-order chi connectivity index (χ1) is 10.0. The van der Waals surface area contributed by atoms with Gasteiger partial charge in [-0.25, -0.2) is 13.1 Å². The Bertz CT molecular complexity index is 587. The van der Waals surface area contributed by atoms with Crippen LogP contribution in [0.1, 0.15) is 37.2 Å². The van der Waals surface area contributed by atoms with Crippen LogP contribution in [-0.4, -0.2) is 32.0 Å². The van der Waals surface area contributed by atoms with E-state index < -0.39 is 10.0 Å². The molecule has 0 bridgehead atoms. The molecule has 2 heterocycles. The third-order valence-electron chi connectivity index (χ3n) is 3.90. The number of thioether (sulfide) groups is 1. The van der Waals surface area contributed by atoms with Crippen LogP contribution in [0.15, 0.2) is 15.4 Å². The molecule has 21 heavy (non-hydrogen) atoms. The van der Waals surface area contributed by atoms with Crippen molar-refractivity contribution in [1.82, 2.24) is 10.0 Å². The lowest BCUT2D eigenvalue weighted by atomic mass is 10.2. The van der Waals surface area contributed by atoms with Gasteiger partial charge in [-0.3, -0.25) is 0 Å². The van der Waals surface area contributed by atoms with Gasteiger partial charge in [-0.1, -0.05) is 0 Å².